The zero-order valence-electron chi connectivity index (χ0n) is 14.8. The Bertz CT molecular complexity index is 782. The first-order valence-corrected chi connectivity index (χ1v) is 8.22. The van der Waals surface area contributed by atoms with E-state index >= 15 is 0 Å². The van der Waals surface area contributed by atoms with Crippen LogP contribution in [0, 0.1) is 12.8 Å². The summed E-state index contributed by atoms with van der Waals surface area (Å²) in [6.45, 7) is 2.14. The number of benzene rings is 2. The molecular formula is C20H22N2O4. The summed E-state index contributed by atoms with van der Waals surface area (Å²) in [7, 11) is 1.33. The van der Waals surface area contributed by atoms with Gasteiger partial charge < -0.3 is 15.8 Å². The van der Waals surface area contributed by atoms with Gasteiger partial charge in [0.15, 0.2) is 0 Å². The molecule has 1 unspecified atom stereocenters. The molecule has 0 fully saturated rings. The second kappa shape index (κ2) is 8.80. The standard InChI is InChI=1S/C20H22N2O4/c1-13-3-5-14(6-4-13)11-17(20(25)26-2)12-22-19(24)16-9-7-15(8-10-16)18(21)23/h3-10,17H,11-12H2,1-2H3,(H2,21,23)(H,22,24). The van der Waals surface area contributed by atoms with Gasteiger partial charge in [-0.2, -0.15) is 0 Å². The molecule has 2 rings (SSSR count). The van der Waals surface area contributed by atoms with Crippen LogP contribution in [0.2, 0.25) is 0 Å². The average molecular weight is 354 g/mol. The van der Waals surface area contributed by atoms with E-state index in [1.807, 2.05) is 31.2 Å². The number of carbonyl (C=O) groups excluding carboxylic acids is 3. The van der Waals surface area contributed by atoms with Crippen LogP contribution >= 0.6 is 0 Å². The van der Waals surface area contributed by atoms with Gasteiger partial charge in [-0.3, -0.25) is 14.4 Å². The van der Waals surface area contributed by atoms with Gasteiger partial charge in [-0.15, -0.1) is 0 Å². The summed E-state index contributed by atoms with van der Waals surface area (Å²) in [4.78, 5) is 35.4. The molecule has 0 aliphatic rings. The fourth-order valence-electron chi connectivity index (χ4n) is 2.52. The molecule has 2 aromatic carbocycles. The topological polar surface area (TPSA) is 98.5 Å². The molecule has 136 valence electrons. The summed E-state index contributed by atoms with van der Waals surface area (Å²) >= 11 is 0. The minimum atomic E-state index is -0.555. The minimum Gasteiger partial charge on any atom is -0.469 e. The van der Waals surface area contributed by atoms with Crippen molar-refractivity contribution in [1.82, 2.24) is 5.32 Å². The first-order chi connectivity index (χ1) is 12.4. The highest BCUT2D eigenvalue weighted by atomic mass is 16.5. The molecule has 0 spiro atoms. The third-order valence-corrected chi connectivity index (χ3v) is 4.08. The summed E-state index contributed by atoms with van der Waals surface area (Å²) in [5.41, 5.74) is 8.02. The summed E-state index contributed by atoms with van der Waals surface area (Å²) in [5.74, 6) is -1.76. The van der Waals surface area contributed by atoms with E-state index in [-0.39, 0.29) is 18.4 Å². The zero-order chi connectivity index (χ0) is 19.1. The van der Waals surface area contributed by atoms with Crippen molar-refractivity contribution in [2.75, 3.05) is 13.7 Å². The third kappa shape index (κ3) is 5.17. The number of hydrogen-bond acceptors (Lipinski definition) is 4. The lowest BCUT2D eigenvalue weighted by Gasteiger charge is -2.16. The van der Waals surface area contributed by atoms with E-state index in [9.17, 15) is 14.4 Å². The Kier molecular flexibility index (Phi) is 6.49. The van der Waals surface area contributed by atoms with Crippen LogP contribution in [0.4, 0.5) is 0 Å². The van der Waals surface area contributed by atoms with Gasteiger partial charge >= 0.3 is 5.97 Å². The number of primary amides is 1. The molecule has 1 atom stereocenters. The Morgan fingerprint density at radius 1 is 1.00 bits per heavy atom. The van der Waals surface area contributed by atoms with Crippen molar-refractivity contribution in [3.05, 3.63) is 70.8 Å². The van der Waals surface area contributed by atoms with E-state index < -0.39 is 11.8 Å². The van der Waals surface area contributed by atoms with E-state index in [0.717, 1.165) is 11.1 Å². The number of esters is 1. The van der Waals surface area contributed by atoms with E-state index in [1.54, 1.807) is 0 Å². The van der Waals surface area contributed by atoms with E-state index in [1.165, 1.54) is 31.4 Å². The Morgan fingerprint density at radius 2 is 1.58 bits per heavy atom. The molecule has 2 aromatic rings. The molecule has 6 nitrogen and oxygen atoms in total. The summed E-state index contributed by atoms with van der Waals surface area (Å²) < 4.78 is 4.85. The van der Waals surface area contributed by atoms with Gasteiger partial charge in [0, 0.05) is 17.7 Å². The van der Waals surface area contributed by atoms with Gasteiger partial charge in [0.1, 0.15) is 0 Å². The van der Waals surface area contributed by atoms with Gasteiger partial charge in [-0.25, -0.2) is 0 Å². The van der Waals surface area contributed by atoms with Crippen LogP contribution in [-0.4, -0.2) is 31.4 Å². The minimum absolute atomic E-state index is 0.150. The molecule has 0 saturated carbocycles. The fraction of sp³-hybridized carbons (Fsp3) is 0.250. The maximum absolute atomic E-state index is 12.3. The Morgan fingerprint density at radius 3 is 2.12 bits per heavy atom. The van der Waals surface area contributed by atoms with Crippen LogP contribution in [0.3, 0.4) is 0 Å². The average Bonchev–Trinajstić information content (AvgIpc) is 2.65. The molecule has 3 N–H and O–H groups in total. The highest BCUT2D eigenvalue weighted by Crippen LogP contribution is 2.12. The molecule has 0 radical (unpaired) electrons. The van der Waals surface area contributed by atoms with Crippen LogP contribution in [0.1, 0.15) is 31.8 Å². The van der Waals surface area contributed by atoms with Crippen molar-refractivity contribution in [1.29, 1.82) is 0 Å². The predicted molar refractivity (Wildman–Crippen MR) is 97.7 cm³/mol. The lowest BCUT2D eigenvalue weighted by Crippen LogP contribution is -2.34. The van der Waals surface area contributed by atoms with Crippen molar-refractivity contribution < 1.29 is 19.1 Å². The second-order valence-electron chi connectivity index (χ2n) is 6.06. The van der Waals surface area contributed by atoms with Gasteiger partial charge in [-0.1, -0.05) is 29.8 Å². The van der Waals surface area contributed by atoms with E-state index in [4.69, 9.17) is 10.5 Å². The number of amides is 2. The second-order valence-corrected chi connectivity index (χ2v) is 6.06. The molecule has 0 aromatic heterocycles. The van der Waals surface area contributed by atoms with Crippen LogP contribution in [0.5, 0.6) is 0 Å². The number of hydrogen-bond donors (Lipinski definition) is 2. The molecule has 6 heteroatoms. The Balaban J connectivity index is 2.01. The molecule has 0 saturated heterocycles. The van der Waals surface area contributed by atoms with Gasteiger partial charge in [0.2, 0.25) is 5.91 Å². The lowest BCUT2D eigenvalue weighted by atomic mass is 9.98. The van der Waals surface area contributed by atoms with Crippen molar-refractivity contribution in [3.8, 4) is 0 Å². The lowest BCUT2D eigenvalue weighted by molar-refractivity contribution is -0.145. The van der Waals surface area contributed by atoms with Crippen molar-refractivity contribution >= 4 is 17.8 Å². The largest absolute Gasteiger partial charge is 0.469 e. The smallest absolute Gasteiger partial charge is 0.310 e. The summed E-state index contributed by atoms with van der Waals surface area (Å²) in [6.07, 6.45) is 0.466. The van der Waals surface area contributed by atoms with Crippen LogP contribution in [-0.2, 0) is 16.0 Å². The monoisotopic (exact) mass is 354 g/mol. The number of rotatable bonds is 7. The number of aryl methyl sites for hydroxylation is 1. The quantitative estimate of drug-likeness (QED) is 0.741. The number of ether oxygens (including phenoxy) is 1. The van der Waals surface area contributed by atoms with E-state index in [2.05, 4.69) is 5.32 Å². The van der Waals surface area contributed by atoms with Crippen molar-refractivity contribution in [2.24, 2.45) is 11.7 Å². The fourth-order valence-corrected chi connectivity index (χ4v) is 2.52. The number of nitrogens with one attached hydrogen (secondary N) is 1. The highest BCUT2D eigenvalue weighted by Gasteiger charge is 2.21. The Hall–Kier alpha value is -3.15. The molecule has 26 heavy (non-hydrogen) atoms. The summed E-state index contributed by atoms with van der Waals surface area (Å²) in [6, 6.07) is 13.9. The third-order valence-electron chi connectivity index (χ3n) is 4.08. The first kappa shape index (κ1) is 19.2. The molecule has 2 amide bonds. The normalized spacial score (nSPS) is 11.5. The Labute approximate surface area is 152 Å². The number of nitrogens with two attached hydrogens (primary N) is 1. The van der Waals surface area contributed by atoms with Gasteiger partial charge in [-0.05, 0) is 43.2 Å². The molecule has 0 heterocycles. The number of carbonyl (C=O) groups is 3. The first-order valence-electron chi connectivity index (χ1n) is 8.22. The number of methoxy groups -OCH3 is 1. The zero-order valence-corrected chi connectivity index (χ0v) is 14.8. The SMILES string of the molecule is COC(=O)C(CNC(=O)c1ccc(C(N)=O)cc1)Cc1ccc(C)cc1. The van der Waals surface area contributed by atoms with Gasteiger partial charge in [0.05, 0.1) is 13.0 Å². The van der Waals surface area contributed by atoms with Crippen LogP contribution < -0.4 is 11.1 Å². The van der Waals surface area contributed by atoms with Crippen LogP contribution in [0.25, 0.3) is 0 Å². The molecular weight excluding hydrogens is 332 g/mol. The molecule has 0 aliphatic heterocycles. The highest BCUT2D eigenvalue weighted by molar-refractivity contribution is 5.97. The predicted octanol–water partition coefficient (Wildman–Crippen LogP) is 1.86. The maximum Gasteiger partial charge on any atom is 0.310 e. The van der Waals surface area contributed by atoms with E-state index in [0.29, 0.717) is 17.5 Å². The molecule has 0 bridgehead atoms. The van der Waals surface area contributed by atoms with Gasteiger partial charge in [0.25, 0.3) is 5.91 Å². The van der Waals surface area contributed by atoms with Crippen molar-refractivity contribution in [3.63, 3.8) is 0 Å². The summed E-state index contributed by atoms with van der Waals surface area (Å²) in [5, 5.41) is 2.74. The maximum atomic E-state index is 12.3. The van der Waals surface area contributed by atoms with Crippen molar-refractivity contribution in [2.45, 2.75) is 13.3 Å². The van der Waals surface area contributed by atoms with Crippen LogP contribution in [0.15, 0.2) is 48.5 Å². The molecule has 0 aliphatic carbocycles.